The molecule has 1 unspecified atom stereocenters. The molecule has 7 heteroatoms. The van der Waals surface area contributed by atoms with Gasteiger partial charge >= 0.3 is 0 Å². The predicted octanol–water partition coefficient (Wildman–Crippen LogP) is 0.716. The molecule has 2 N–H and O–H groups in total. The van der Waals surface area contributed by atoms with Crippen molar-refractivity contribution in [2.75, 3.05) is 13.1 Å². The first-order valence-corrected chi connectivity index (χ1v) is 8.55. The van der Waals surface area contributed by atoms with Gasteiger partial charge in [-0.05, 0) is 37.8 Å². The van der Waals surface area contributed by atoms with Crippen LogP contribution >= 0.6 is 0 Å². The minimum atomic E-state index is -3.58. The Hall–Kier alpha value is -1.34. The van der Waals surface area contributed by atoms with Crippen LogP contribution in [0.25, 0.3) is 0 Å². The lowest BCUT2D eigenvalue weighted by atomic mass is 10.1. The van der Waals surface area contributed by atoms with Crippen LogP contribution < -0.4 is 5.14 Å². The smallest absolute Gasteiger partial charge is 0.270 e. The van der Waals surface area contributed by atoms with E-state index in [9.17, 15) is 13.2 Å². The van der Waals surface area contributed by atoms with E-state index in [4.69, 9.17) is 5.14 Å². The largest absolute Gasteiger partial charge is 0.340 e. The fraction of sp³-hybridized carbons (Fsp3) is 0.615. The van der Waals surface area contributed by atoms with E-state index in [1.807, 2.05) is 16.8 Å². The van der Waals surface area contributed by atoms with E-state index in [2.05, 4.69) is 0 Å². The van der Waals surface area contributed by atoms with Gasteiger partial charge in [0.05, 0.1) is 5.25 Å². The molecule has 1 aliphatic carbocycles. The van der Waals surface area contributed by atoms with E-state index >= 15 is 0 Å². The second kappa shape index (κ2) is 4.89. The van der Waals surface area contributed by atoms with Crippen LogP contribution in [0.15, 0.2) is 18.3 Å². The lowest BCUT2D eigenvalue weighted by Crippen LogP contribution is -2.47. The van der Waals surface area contributed by atoms with Gasteiger partial charge in [-0.2, -0.15) is 0 Å². The summed E-state index contributed by atoms with van der Waals surface area (Å²) in [5, 5.41) is 4.57. The third-order valence-electron chi connectivity index (χ3n) is 4.07. The first kappa shape index (κ1) is 13.6. The zero-order chi connectivity index (χ0) is 14.3. The van der Waals surface area contributed by atoms with Crippen molar-refractivity contribution in [3.8, 4) is 0 Å². The number of hydrogen-bond donors (Lipinski definition) is 1. The van der Waals surface area contributed by atoms with Gasteiger partial charge in [0.1, 0.15) is 5.69 Å². The van der Waals surface area contributed by atoms with Crippen molar-refractivity contribution in [3.05, 3.63) is 24.0 Å². The zero-order valence-corrected chi connectivity index (χ0v) is 12.1. The molecule has 1 saturated carbocycles. The summed E-state index contributed by atoms with van der Waals surface area (Å²) in [6, 6.07) is 4.11. The molecule has 0 radical (unpaired) electrons. The van der Waals surface area contributed by atoms with Crippen LogP contribution in [-0.2, 0) is 10.0 Å². The van der Waals surface area contributed by atoms with Gasteiger partial charge in [-0.25, -0.2) is 13.6 Å². The van der Waals surface area contributed by atoms with Crippen molar-refractivity contribution in [2.24, 2.45) is 5.14 Å². The lowest BCUT2D eigenvalue weighted by molar-refractivity contribution is 0.0716. The van der Waals surface area contributed by atoms with Gasteiger partial charge in [0.15, 0.2) is 0 Å². The van der Waals surface area contributed by atoms with E-state index in [1.165, 1.54) is 0 Å². The Morgan fingerprint density at radius 2 is 2.05 bits per heavy atom. The summed E-state index contributed by atoms with van der Waals surface area (Å²) in [7, 11) is -3.58. The molecule has 2 aliphatic rings. The molecule has 0 aromatic carbocycles. The molecule has 2 heterocycles. The number of piperidine rings is 1. The lowest BCUT2D eigenvalue weighted by Gasteiger charge is -2.31. The van der Waals surface area contributed by atoms with E-state index < -0.39 is 15.3 Å². The number of likely N-dealkylation sites (tertiary alicyclic amines) is 1. The molecule has 0 bridgehead atoms. The Morgan fingerprint density at radius 3 is 2.70 bits per heavy atom. The molecule has 3 rings (SSSR count). The Bertz CT molecular complexity index is 619. The number of sulfonamides is 1. The Balaban J connectivity index is 1.78. The zero-order valence-electron chi connectivity index (χ0n) is 11.2. The summed E-state index contributed by atoms with van der Waals surface area (Å²) in [5.74, 6) is -0.0877. The Kier molecular flexibility index (Phi) is 3.33. The molecule has 1 aromatic heterocycles. The number of carbonyl (C=O) groups is 1. The Labute approximate surface area is 118 Å². The highest BCUT2D eigenvalue weighted by Crippen LogP contribution is 2.36. The fourth-order valence-electron chi connectivity index (χ4n) is 2.80. The SMILES string of the molecule is NS(=O)(=O)C1CCCN(C(=O)c2cccn2C2CC2)C1. The summed E-state index contributed by atoms with van der Waals surface area (Å²) in [4.78, 5) is 14.2. The van der Waals surface area contributed by atoms with Crippen molar-refractivity contribution in [1.29, 1.82) is 0 Å². The maximum Gasteiger partial charge on any atom is 0.270 e. The molecule has 110 valence electrons. The number of aromatic nitrogens is 1. The predicted molar refractivity (Wildman–Crippen MR) is 74.7 cm³/mol. The first-order valence-electron chi connectivity index (χ1n) is 6.94. The highest BCUT2D eigenvalue weighted by Gasteiger charge is 2.33. The number of nitrogens with zero attached hydrogens (tertiary/aromatic N) is 2. The van der Waals surface area contributed by atoms with E-state index in [0.29, 0.717) is 31.1 Å². The Morgan fingerprint density at radius 1 is 1.30 bits per heavy atom. The second-order valence-electron chi connectivity index (χ2n) is 5.64. The maximum absolute atomic E-state index is 12.6. The third-order valence-corrected chi connectivity index (χ3v) is 5.38. The van der Waals surface area contributed by atoms with Crippen LogP contribution in [0.4, 0.5) is 0 Å². The average Bonchev–Trinajstić information content (AvgIpc) is 3.15. The molecule has 1 atom stereocenters. The summed E-state index contributed by atoms with van der Waals surface area (Å²) < 4.78 is 24.9. The number of rotatable bonds is 3. The fourth-order valence-corrected chi connectivity index (χ4v) is 3.68. The van der Waals surface area contributed by atoms with Crippen molar-refractivity contribution in [1.82, 2.24) is 9.47 Å². The maximum atomic E-state index is 12.6. The van der Waals surface area contributed by atoms with Crippen molar-refractivity contribution in [3.63, 3.8) is 0 Å². The average molecular weight is 297 g/mol. The molecule has 1 amide bonds. The van der Waals surface area contributed by atoms with Crippen molar-refractivity contribution < 1.29 is 13.2 Å². The molecule has 20 heavy (non-hydrogen) atoms. The van der Waals surface area contributed by atoms with Gasteiger partial charge in [0, 0.05) is 25.3 Å². The topological polar surface area (TPSA) is 85.4 Å². The van der Waals surface area contributed by atoms with Gasteiger partial charge < -0.3 is 9.47 Å². The quantitative estimate of drug-likeness (QED) is 0.892. The summed E-state index contributed by atoms with van der Waals surface area (Å²) in [5.41, 5.74) is 0.655. The summed E-state index contributed by atoms with van der Waals surface area (Å²) >= 11 is 0. The first-order chi connectivity index (χ1) is 9.47. The molecular weight excluding hydrogens is 278 g/mol. The minimum Gasteiger partial charge on any atom is -0.340 e. The molecule has 1 aliphatic heterocycles. The van der Waals surface area contributed by atoms with Crippen molar-refractivity contribution in [2.45, 2.75) is 37.0 Å². The summed E-state index contributed by atoms with van der Waals surface area (Å²) in [6.45, 7) is 0.800. The van der Waals surface area contributed by atoms with Crippen LogP contribution in [0, 0.1) is 0 Å². The molecule has 1 saturated heterocycles. The van der Waals surface area contributed by atoms with Crippen LogP contribution in [0.5, 0.6) is 0 Å². The van der Waals surface area contributed by atoms with Gasteiger partial charge in [0.2, 0.25) is 10.0 Å². The van der Waals surface area contributed by atoms with E-state index in [0.717, 1.165) is 12.8 Å². The van der Waals surface area contributed by atoms with E-state index in [1.54, 1.807) is 11.0 Å². The molecule has 6 nitrogen and oxygen atoms in total. The molecular formula is C13H19N3O3S. The highest BCUT2D eigenvalue weighted by atomic mass is 32.2. The normalized spacial score (nSPS) is 23.9. The highest BCUT2D eigenvalue weighted by molar-refractivity contribution is 7.89. The van der Waals surface area contributed by atoms with Crippen LogP contribution in [0.1, 0.15) is 42.2 Å². The van der Waals surface area contributed by atoms with Gasteiger partial charge in [0.25, 0.3) is 5.91 Å². The van der Waals surface area contributed by atoms with Crippen LogP contribution in [0.2, 0.25) is 0 Å². The number of hydrogen-bond acceptors (Lipinski definition) is 3. The molecule has 1 aromatic rings. The van der Waals surface area contributed by atoms with Crippen molar-refractivity contribution >= 4 is 15.9 Å². The summed E-state index contributed by atoms with van der Waals surface area (Å²) in [6.07, 6.45) is 5.35. The second-order valence-corrected chi connectivity index (χ2v) is 7.48. The van der Waals surface area contributed by atoms with Crippen LogP contribution in [0.3, 0.4) is 0 Å². The van der Waals surface area contributed by atoms with Gasteiger partial charge in [-0.3, -0.25) is 4.79 Å². The minimum absolute atomic E-state index is 0.0877. The monoisotopic (exact) mass is 297 g/mol. The number of primary sulfonamides is 1. The van der Waals surface area contributed by atoms with Gasteiger partial charge in [-0.15, -0.1) is 0 Å². The van der Waals surface area contributed by atoms with E-state index in [-0.39, 0.29) is 12.5 Å². The number of carbonyl (C=O) groups excluding carboxylic acids is 1. The number of nitrogens with two attached hydrogens (primary N) is 1. The molecule has 0 spiro atoms. The molecule has 2 fully saturated rings. The third kappa shape index (κ3) is 2.60. The standard InChI is InChI=1S/C13H19N3O3S/c14-20(18,19)11-3-1-7-15(9-11)13(17)12-4-2-8-16(12)10-5-6-10/h2,4,8,10-11H,1,3,5-7,9H2,(H2,14,18,19). The number of amides is 1. The van der Waals surface area contributed by atoms with Crippen LogP contribution in [-0.4, -0.2) is 42.1 Å². The van der Waals surface area contributed by atoms with Gasteiger partial charge in [-0.1, -0.05) is 0 Å².